The van der Waals surface area contributed by atoms with Gasteiger partial charge in [0.2, 0.25) is 11.8 Å². The van der Waals surface area contributed by atoms with E-state index in [1.54, 1.807) is 55.5 Å². The molecular weight excluding hydrogens is 480 g/mol. The highest BCUT2D eigenvalue weighted by Gasteiger charge is 2.29. The van der Waals surface area contributed by atoms with Gasteiger partial charge in [-0.15, -0.1) is 0 Å². The first-order chi connectivity index (χ1) is 16.2. The Balaban J connectivity index is 5.34. The molecule has 0 bridgehead atoms. The first-order valence-electron chi connectivity index (χ1n) is 10.8. The minimum atomic E-state index is -1.01. The number of allylic oxidation sites excluding steroid dienone is 2. The van der Waals surface area contributed by atoms with Gasteiger partial charge in [-0.25, -0.2) is 4.79 Å². The number of carbonyl (C=O) groups is 5. The van der Waals surface area contributed by atoms with Crippen molar-refractivity contribution in [2.45, 2.75) is 45.8 Å². The summed E-state index contributed by atoms with van der Waals surface area (Å²) in [6.45, 7) is 4.95. The Morgan fingerprint density at radius 3 is 2.38 bits per heavy atom. The number of likely N-dealkylation sites (N-methyl/N-ethyl adjacent to an activating group) is 1. The van der Waals surface area contributed by atoms with E-state index in [1.807, 2.05) is 12.3 Å². The molecule has 0 aromatic carbocycles. The van der Waals surface area contributed by atoms with Gasteiger partial charge in [-0.1, -0.05) is 47.6 Å². The molecule has 2 unspecified atom stereocenters. The standard InChI is InChI=1S/C22H36N4O6S2/c1-6-17(25-19(29)14-23-4)21(30)26-20(15(2)3)22(31)32-16(9-7-8-12-34-33-5)13-18(28)24-10-11-27/h6-7,9,11,15-16,20,23H,8,10,12-14H2,1-5H3,(H,24,28)(H,25,29)(H,26,30)/b9-7?,17-6+. The van der Waals surface area contributed by atoms with E-state index < -0.39 is 35.8 Å². The van der Waals surface area contributed by atoms with Gasteiger partial charge in [0.05, 0.1) is 19.5 Å². The molecule has 3 amide bonds. The Kier molecular flexibility index (Phi) is 17.8. The summed E-state index contributed by atoms with van der Waals surface area (Å²) in [7, 11) is 4.92. The van der Waals surface area contributed by atoms with E-state index in [4.69, 9.17) is 4.74 Å². The quantitative estimate of drug-likeness (QED) is 0.0555. The lowest BCUT2D eigenvalue weighted by atomic mass is 10.0. The molecule has 0 aliphatic carbocycles. The summed E-state index contributed by atoms with van der Waals surface area (Å²) >= 11 is 0. The minimum absolute atomic E-state index is 0.00896. The van der Waals surface area contributed by atoms with Gasteiger partial charge in [0.25, 0.3) is 5.91 Å². The Morgan fingerprint density at radius 2 is 1.82 bits per heavy atom. The average Bonchev–Trinajstić information content (AvgIpc) is 2.78. The van der Waals surface area contributed by atoms with E-state index in [1.165, 1.54) is 6.08 Å². The van der Waals surface area contributed by atoms with Crippen LogP contribution in [-0.2, 0) is 28.7 Å². The molecule has 4 N–H and O–H groups in total. The second-order valence-electron chi connectivity index (χ2n) is 7.33. The second-order valence-corrected chi connectivity index (χ2v) is 10.0. The van der Waals surface area contributed by atoms with Crippen LogP contribution in [0.15, 0.2) is 23.9 Å². The van der Waals surface area contributed by atoms with Gasteiger partial charge < -0.3 is 30.8 Å². The summed E-state index contributed by atoms with van der Waals surface area (Å²) in [4.78, 5) is 59.9. The van der Waals surface area contributed by atoms with Crippen molar-refractivity contribution in [2.24, 2.45) is 5.92 Å². The fraction of sp³-hybridized carbons (Fsp3) is 0.591. The van der Waals surface area contributed by atoms with Crippen molar-refractivity contribution in [3.8, 4) is 0 Å². The smallest absolute Gasteiger partial charge is 0.329 e. The van der Waals surface area contributed by atoms with E-state index in [-0.39, 0.29) is 31.1 Å². The second kappa shape index (κ2) is 19.0. The van der Waals surface area contributed by atoms with Crippen LogP contribution in [0.5, 0.6) is 0 Å². The van der Waals surface area contributed by atoms with Crippen LogP contribution in [0.1, 0.15) is 33.6 Å². The number of hydrogen-bond acceptors (Lipinski definition) is 9. The third-order valence-corrected chi connectivity index (χ3v) is 6.07. The number of rotatable bonds is 17. The van der Waals surface area contributed by atoms with E-state index in [0.717, 1.165) is 12.2 Å². The number of aldehydes is 1. The zero-order valence-electron chi connectivity index (χ0n) is 20.3. The molecule has 0 heterocycles. The van der Waals surface area contributed by atoms with Gasteiger partial charge in [-0.05, 0) is 38.6 Å². The molecule has 0 aliphatic rings. The van der Waals surface area contributed by atoms with Crippen LogP contribution in [0.2, 0.25) is 0 Å². The van der Waals surface area contributed by atoms with Crippen molar-refractivity contribution >= 4 is 51.6 Å². The highest BCUT2D eigenvalue weighted by Crippen LogP contribution is 2.18. The minimum Gasteiger partial charge on any atom is -0.456 e. The van der Waals surface area contributed by atoms with Crippen molar-refractivity contribution in [1.29, 1.82) is 0 Å². The predicted octanol–water partition coefficient (Wildman–Crippen LogP) is 0.941. The molecular formula is C22H36N4O6S2. The van der Waals surface area contributed by atoms with Gasteiger partial charge in [0.15, 0.2) is 0 Å². The monoisotopic (exact) mass is 516 g/mol. The molecule has 0 aromatic rings. The lowest BCUT2D eigenvalue weighted by Crippen LogP contribution is -2.49. The maximum absolute atomic E-state index is 12.9. The van der Waals surface area contributed by atoms with Crippen LogP contribution in [-0.4, -0.2) is 74.3 Å². The number of nitrogens with one attached hydrogen (secondary N) is 4. The van der Waals surface area contributed by atoms with Crippen molar-refractivity contribution in [3.05, 3.63) is 23.9 Å². The SMILES string of the molecule is C/C=C(/NC(=O)CNC)C(=O)NC(C(=O)OC(C=CCCSSC)CC(=O)NCC=O)C(C)C. The molecule has 192 valence electrons. The zero-order chi connectivity index (χ0) is 25.9. The molecule has 0 saturated carbocycles. The predicted molar refractivity (Wildman–Crippen MR) is 136 cm³/mol. The zero-order valence-corrected chi connectivity index (χ0v) is 22.0. The largest absolute Gasteiger partial charge is 0.456 e. The van der Waals surface area contributed by atoms with Crippen LogP contribution in [0.4, 0.5) is 0 Å². The van der Waals surface area contributed by atoms with Crippen LogP contribution in [0.25, 0.3) is 0 Å². The Morgan fingerprint density at radius 1 is 1.12 bits per heavy atom. The highest BCUT2D eigenvalue weighted by atomic mass is 33.1. The first kappa shape index (κ1) is 31.7. The summed E-state index contributed by atoms with van der Waals surface area (Å²) in [5.41, 5.74) is 0.00896. The molecule has 0 saturated heterocycles. The van der Waals surface area contributed by atoms with Gasteiger partial charge in [-0.3, -0.25) is 14.4 Å². The maximum atomic E-state index is 12.9. The van der Waals surface area contributed by atoms with Gasteiger partial charge in [0, 0.05) is 5.75 Å². The van der Waals surface area contributed by atoms with Gasteiger partial charge >= 0.3 is 5.97 Å². The van der Waals surface area contributed by atoms with Crippen LogP contribution >= 0.6 is 21.6 Å². The van der Waals surface area contributed by atoms with Crippen LogP contribution in [0.3, 0.4) is 0 Å². The molecule has 34 heavy (non-hydrogen) atoms. The molecule has 0 rings (SSSR count). The van der Waals surface area contributed by atoms with E-state index in [2.05, 4.69) is 21.3 Å². The van der Waals surface area contributed by atoms with E-state index in [9.17, 15) is 24.0 Å². The number of hydrogen-bond donors (Lipinski definition) is 4. The van der Waals surface area contributed by atoms with Crippen molar-refractivity contribution < 1.29 is 28.7 Å². The lowest BCUT2D eigenvalue weighted by Gasteiger charge is -2.24. The molecule has 0 radical (unpaired) electrons. The number of esters is 1. The molecule has 0 aromatic heterocycles. The van der Waals surface area contributed by atoms with Crippen LogP contribution in [0, 0.1) is 5.92 Å². The van der Waals surface area contributed by atoms with Gasteiger partial charge in [-0.2, -0.15) is 0 Å². The fourth-order valence-corrected chi connectivity index (χ4v) is 3.75. The molecule has 0 aliphatic heterocycles. The number of amides is 3. The van der Waals surface area contributed by atoms with E-state index >= 15 is 0 Å². The molecule has 2 atom stereocenters. The van der Waals surface area contributed by atoms with Gasteiger partial charge in [0.1, 0.15) is 24.1 Å². The first-order valence-corrected chi connectivity index (χ1v) is 13.6. The topological polar surface area (TPSA) is 143 Å². The summed E-state index contributed by atoms with van der Waals surface area (Å²) in [5.74, 6) is -1.66. The Hall–Kier alpha value is -2.31. The highest BCUT2D eigenvalue weighted by molar-refractivity contribution is 8.76. The molecule has 0 fully saturated rings. The maximum Gasteiger partial charge on any atom is 0.329 e. The summed E-state index contributed by atoms with van der Waals surface area (Å²) in [5, 5.41) is 10.2. The Labute approximate surface area is 209 Å². The van der Waals surface area contributed by atoms with E-state index in [0.29, 0.717) is 6.29 Å². The lowest BCUT2D eigenvalue weighted by molar-refractivity contribution is -0.153. The third-order valence-electron chi connectivity index (χ3n) is 4.23. The summed E-state index contributed by atoms with van der Waals surface area (Å²) in [6.07, 6.45) is 7.12. The van der Waals surface area contributed by atoms with Crippen molar-refractivity contribution in [2.75, 3.05) is 32.1 Å². The third kappa shape index (κ3) is 14.1. The normalized spacial score (nSPS) is 13.3. The summed E-state index contributed by atoms with van der Waals surface area (Å²) < 4.78 is 5.55. The van der Waals surface area contributed by atoms with Crippen LogP contribution < -0.4 is 21.3 Å². The number of ether oxygens (including phenoxy) is 1. The average molecular weight is 517 g/mol. The fourth-order valence-electron chi connectivity index (χ4n) is 2.56. The molecule has 0 spiro atoms. The molecule has 12 heteroatoms. The van der Waals surface area contributed by atoms with Crippen molar-refractivity contribution in [3.63, 3.8) is 0 Å². The van der Waals surface area contributed by atoms with Crippen molar-refractivity contribution in [1.82, 2.24) is 21.3 Å². The Bertz CT molecular complexity index is 743. The number of carbonyl (C=O) groups excluding carboxylic acids is 5. The summed E-state index contributed by atoms with van der Waals surface area (Å²) in [6, 6.07) is -1.01. The molecule has 10 nitrogen and oxygen atoms in total.